The van der Waals surface area contributed by atoms with Crippen molar-refractivity contribution in [3.63, 3.8) is 0 Å². The molecule has 0 aromatic heterocycles. The number of hydrogen-bond donors (Lipinski definition) is 3. The van der Waals surface area contributed by atoms with Gasteiger partial charge in [0.15, 0.2) is 5.84 Å². The van der Waals surface area contributed by atoms with Gasteiger partial charge in [0.25, 0.3) is 0 Å². The highest BCUT2D eigenvalue weighted by atomic mass is 16.5. The van der Waals surface area contributed by atoms with E-state index in [9.17, 15) is 9.90 Å². The maximum absolute atomic E-state index is 11.5. The number of rotatable bonds is 13. The second kappa shape index (κ2) is 13.2. The molecule has 1 heterocycles. The maximum atomic E-state index is 11.5. The molecular weight excluding hydrogens is 406 g/mol. The topological polar surface area (TPSA) is 103 Å². The number of carbonyl (C=O) groups excluding carboxylic acids is 1. The normalized spacial score (nSPS) is 15.8. The first kappa shape index (κ1) is 25.8. The molecule has 0 unspecified atom stereocenters. The summed E-state index contributed by atoms with van der Waals surface area (Å²) in [7, 11) is 1.76. The molecule has 8 nitrogen and oxygen atoms in total. The van der Waals surface area contributed by atoms with E-state index < -0.39 is 5.60 Å². The molecule has 0 bridgehead atoms. The third kappa shape index (κ3) is 8.98. The highest BCUT2D eigenvalue weighted by molar-refractivity contribution is 5.98. The molecule has 178 valence electrons. The van der Waals surface area contributed by atoms with Crippen molar-refractivity contribution in [3.05, 3.63) is 47.3 Å². The summed E-state index contributed by atoms with van der Waals surface area (Å²) in [5.41, 5.74) is 8.02. The number of likely N-dealkylation sites (N-methyl/N-ethyl adjacent to an activating group) is 1. The molecule has 1 aliphatic rings. The van der Waals surface area contributed by atoms with E-state index >= 15 is 0 Å². The Morgan fingerprint density at radius 2 is 2.06 bits per heavy atom. The van der Waals surface area contributed by atoms with E-state index in [1.54, 1.807) is 20.9 Å². The fourth-order valence-electron chi connectivity index (χ4n) is 3.68. The van der Waals surface area contributed by atoms with E-state index in [2.05, 4.69) is 39.5 Å². The molecule has 0 amide bonds. The number of nitrogens with one attached hydrogen (secondary N) is 1. The zero-order valence-electron chi connectivity index (χ0n) is 19.7. The minimum absolute atomic E-state index is 0.106. The van der Waals surface area contributed by atoms with Crippen LogP contribution in [0.4, 0.5) is 0 Å². The molecule has 0 spiro atoms. The molecule has 0 radical (unpaired) electrons. The van der Waals surface area contributed by atoms with E-state index in [-0.39, 0.29) is 13.3 Å². The number of hydrogen-bond acceptors (Lipinski definition) is 7. The monoisotopic (exact) mass is 445 g/mol. The molecule has 0 aliphatic carbocycles. The van der Waals surface area contributed by atoms with Crippen LogP contribution < -0.4 is 11.1 Å². The Balaban J connectivity index is 2.13. The molecule has 1 fully saturated rings. The Bertz CT molecular complexity index is 767. The van der Waals surface area contributed by atoms with Gasteiger partial charge in [0, 0.05) is 26.3 Å². The predicted molar refractivity (Wildman–Crippen MR) is 128 cm³/mol. The molecular formula is C24H39N5O3. The number of aliphatic imine (C=N–C) groups is 1. The first-order valence-electron chi connectivity index (χ1n) is 11.3. The summed E-state index contributed by atoms with van der Waals surface area (Å²) in [6, 6.07) is 8.47. The van der Waals surface area contributed by atoms with Crippen molar-refractivity contribution in [2.45, 2.75) is 51.8 Å². The number of nitrogens with two attached hydrogens (primary N) is 1. The summed E-state index contributed by atoms with van der Waals surface area (Å²) in [6.45, 7) is 7.92. The number of carbonyl (C=O) groups is 1. The van der Waals surface area contributed by atoms with Gasteiger partial charge in [-0.1, -0.05) is 24.3 Å². The van der Waals surface area contributed by atoms with Gasteiger partial charge in [0.05, 0.1) is 24.4 Å². The molecule has 1 aliphatic heterocycles. The van der Waals surface area contributed by atoms with Gasteiger partial charge >= 0.3 is 0 Å². The van der Waals surface area contributed by atoms with E-state index in [0.29, 0.717) is 31.1 Å². The van der Waals surface area contributed by atoms with Crippen LogP contribution in [0.5, 0.6) is 0 Å². The molecule has 0 atom stereocenters. The van der Waals surface area contributed by atoms with Crippen molar-refractivity contribution in [3.8, 4) is 0 Å². The quantitative estimate of drug-likeness (QED) is 0.184. The van der Waals surface area contributed by atoms with E-state index in [1.807, 2.05) is 4.90 Å². The largest absolute Gasteiger partial charge is 0.403 e. The third-order valence-corrected chi connectivity index (χ3v) is 5.40. The zero-order valence-corrected chi connectivity index (χ0v) is 19.7. The summed E-state index contributed by atoms with van der Waals surface area (Å²) in [5, 5.41) is 12.9. The number of ether oxygens (including phenoxy) is 1. The number of likely N-dealkylation sites (tertiary alicyclic amines) is 1. The second-order valence-corrected chi connectivity index (χ2v) is 8.76. The van der Waals surface area contributed by atoms with Crippen molar-refractivity contribution < 1.29 is 14.6 Å². The average Bonchev–Trinajstić information content (AvgIpc) is 3.25. The Morgan fingerprint density at radius 3 is 2.69 bits per heavy atom. The van der Waals surface area contributed by atoms with Gasteiger partial charge in [-0.3, -0.25) is 4.90 Å². The highest BCUT2D eigenvalue weighted by Crippen LogP contribution is 2.16. The number of aliphatic hydroxyl groups is 1. The molecule has 2 rings (SSSR count). The van der Waals surface area contributed by atoms with Crippen LogP contribution in [-0.2, 0) is 22.6 Å². The van der Waals surface area contributed by atoms with Gasteiger partial charge in [-0.05, 0) is 57.3 Å². The summed E-state index contributed by atoms with van der Waals surface area (Å²) in [6.07, 6.45) is 5.34. The van der Waals surface area contributed by atoms with Crippen LogP contribution in [0.1, 0.15) is 44.2 Å². The predicted octanol–water partition coefficient (Wildman–Crippen LogP) is 1.84. The molecule has 1 aromatic rings. The molecule has 4 N–H and O–H groups in total. The standard InChI is InChI=1S/C24H39N5O3/c1-24(2,31)9-14-32-19-27-23(22(16-25)26-3)29(12-13-30)18-21-8-6-7-20(15-21)17-28-10-4-5-11-28/h6-8,13,15-16,26,31H,4-5,9-12,14,17-19,25H2,1-3H3/b22-16+,27-23+. The van der Waals surface area contributed by atoms with Crippen molar-refractivity contribution in [1.29, 1.82) is 0 Å². The van der Waals surface area contributed by atoms with Gasteiger partial charge < -0.3 is 30.6 Å². The summed E-state index contributed by atoms with van der Waals surface area (Å²) < 4.78 is 5.59. The van der Waals surface area contributed by atoms with Crippen LogP contribution >= 0.6 is 0 Å². The summed E-state index contributed by atoms with van der Waals surface area (Å²) in [4.78, 5) is 20.4. The van der Waals surface area contributed by atoms with Crippen LogP contribution in [0.2, 0.25) is 0 Å². The van der Waals surface area contributed by atoms with Crippen molar-refractivity contribution >= 4 is 12.1 Å². The lowest BCUT2D eigenvalue weighted by molar-refractivity contribution is -0.108. The van der Waals surface area contributed by atoms with Crippen LogP contribution in [-0.4, -0.2) is 72.6 Å². The maximum Gasteiger partial charge on any atom is 0.151 e. The van der Waals surface area contributed by atoms with Crippen LogP contribution in [0.3, 0.4) is 0 Å². The summed E-state index contributed by atoms with van der Waals surface area (Å²) >= 11 is 0. The van der Waals surface area contributed by atoms with Crippen LogP contribution in [0, 0.1) is 0 Å². The first-order chi connectivity index (χ1) is 15.4. The Morgan fingerprint density at radius 1 is 1.34 bits per heavy atom. The molecule has 1 saturated heterocycles. The number of amidine groups is 1. The minimum Gasteiger partial charge on any atom is -0.403 e. The zero-order chi connectivity index (χ0) is 23.4. The fraction of sp³-hybridized carbons (Fsp3) is 0.583. The Labute approximate surface area is 192 Å². The lowest BCUT2D eigenvalue weighted by Crippen LogP contribution is -2.37. The van der Waals surface area contributed by atoms with E-state index in [0.717, 1.165) is 31.5 Å². The van der Waals surface area contributed by atoms with Gasteiger partial charge in [-0.2, -0.15) is 0 Å². The van der Waals surface area contributed by atoms with E-state index in [4.69, 9.17) is 10.5 Å². The summed E-state index contributed by atoms with van der Waals surface area (Å²) in [5.74, 6) is 0.565. The number of nitrogens with zero attached hydrogens (tertiary/aromatic N) is 3. The van der Waals surface area contributed by atoms with Gasteiger partial charge in [0.1, 0.15) is 13.0 Å². The molecule has 32 heavy (non-hydrogen) atoms. The Kier molecular flexibility index (Phi) is 10.7. The van der Waals surface area contributed by atoms with E-state index in [1.165, 1.54) is 24.6 Å². The van der Waals surface area contributed by atoms with Crippen LogP contribution in [0.15, 0.2) is 41.2 Å². The van der Waals surface area contributed by atoms with Gasteiger partial charge in [-0.15, -0.1) is 0 Å². The van der Waals surface area contributed by atoms with Crippen molar-refractivity contribution in [2.24, 2.45) is 10.7 Å². The molecule has 8 heteroatoms. The number of aldehydes is 1. The number of benzene rings is 1. The van der Waals surface area contributed by atoms with Crippen molar-refractivity contribution in [2.75, 3.05) is 40.0 Å². The lowest BCUT2D eigenvalue weighted by atomic mass is 10.1. The minimum atomic E-state index is -0.788. The van der Waals surface area contributed by atoms with Gasteiger partial charge in [0.2, 0.25) is 0 Å². The smallest absolute Gasteiger partial charge is 0.151 e. The fourth-order valence-corrected chi connectivity index (χ4v) is 3.68. The third-order valence-electron chi connectivity index (χ3n) is 5.40. The highest BCUT2D eigenvalue weighted by Gasteiger charge is 2.17. The first-order valence-corrected chi connectivity index (χ1v) is 11.3. The average molecular weight is 446 g/mol. The van der Waals surface area contributed by atoms with Gasteiger partial charge in [-0.25, -0.2) is 4.99 Å². The SMILES string of the molecule is CNC(=C/N)/C(=N\COCCC(C)(C)O)N(CC=O)Cc1cccc(CN2CCCC2)c1. The second-order valence-electron chi connectivity index (χ2n) is 8.76. The lowest BCUT2D eigenvalue weighted by Gasteiger charge is -2.26. The molecule has 1 aromatic carbocycles. The molecule has 0 saturated carbocycles. The Hall–Kier alpha value is -2.42. The van der Waals surface area contributed by atoms with Crippen molar-refractivity contribution in [1.82, 2.24) is 15.1 Å². The van der Waals surface area contributed by atoms with Crippen LogP contribution in [0.25, 0.3) is 0 Å².